The number of carboxylic acid groups (broad SMARTS) is 1. The molecule has 0 saturated carbocycles. The van der Waals surface area contributed by atoms with Gasteiger partial charge in [0.05, 0.1) is 42.1 Å². The minimum absolute atomic E-state index is 0.0573. The van der Waals surface area contributed by atoms with E-state index in [1.807, 2.05) is 36.4 Å². The first-order chi connectivity index (χ1) is 16.4. The lowest BCUT2D eigenvalue weighted by Gasteiger charge is -2.14. The van der Waals surface area contributed by atoms with Crippen LogP contribution in [0.25, 0.3) is 0 Å². The maximum atomic E-state index is 12.6. The van der Waals surface area contributed by atoms with Crippen molar-refractivity contribution in [2.24, 2.45) is 0 Å². The Morgan fingerprint density at radius 2 is 1.62 bits per heavy atom. The molecular weight excluding hydrogens is 434 g/mol. The monoisotopic (exact) mass is 453 g/mol. The molecule has 2 amide bonds. The Morgan fingerprint density at radius 1 is 0.912 bits per heavy atom. The second-order valence-corrected chi connectivity index (χ2v) is 6.98. The Labute approximate surface area is 195 Å². The van der Waals surface area contributed by atoms with E-state index >= 15 is 0 Å². The number of Topliss-reactive ketones (excluding diaryl/α,β-unsaturated/α-hetero) is 1. The average molecular weight is 453 g/mol. The summed E-state index contributed by atoms with van der Waals surface area (Å²) >= 11 is 0. The van der Waals surface area contributed by atoms with Crippen molar-refractivity contribution in [3.05, 3.63) is 89.0 Å². The standard InChI is InChI=1S/C26H19N3O5/c1-34-24-14-22(29-26(32)33)21(13-20(24)11-10-17-6-3-2-4-7-17)28-25(31)15-23(30)19-9-5-8-18(12-19)16-27/h2-9,12-14,29H,15H2,1H3,(H,28,31)(H,32,33). The largest absolute Gasteiger partial charge is 0.495 e. The number of methoxy groups -OCH3 is 1. The molecule has 8 nitrogen and oxygen atoms in total. The fourth-order valence-electron chi connectivity index (χ4n) is 3.03. The number of nitriles is 1. The molecule has 3 aromatic rings. The molecule has 3 rings (SSSR count). The van der Waals surface area contributed by atoms with Crippen molar-refractivity contribution in [3.8, 4) is 23.7 Å². The van der Waals surface area contributed by atoms with Crippen molar-refractivity contribution in [1.29, 1.82) is 5.26 Å². The van der Waals surface area contributed by atoms with Crippen molar-refractivity contribution >= 4 is 29.2 Å². The van der Waals surface area contributed by atoms with Gasteiger partial charge in [0.25, 0.3) is 0 Å². The lowest BCUT2D eigenvalue weighted by molar-refractivity contribution is -0.115. The zero-order chi connectivity index (χ0) is 24.5. The predicted octanol–water partition coefficient (Wildman–Crippen LogP) is 4.27. The Morgan fingerprint density at radius 3 is 2.29 bits per heavy atom. The molecule has 0 atom stereocenters. The lowest BCUT2D eigenvalue weighted by Crippen LogP contribution is -2.19. The van der Waals surface area contributed by atoms with Gasteiger partial charge in [-0.2, -0.15) is 5.26 Å². The molecular formula is C26H19N3O5. The number of rotatable bonds is 6. The number of ketones is 1. The van der Waals surface area contributed by atoms with Crippen LogP contribution in [0.5, 0.6) is 5.75 Å². The van der Waals surface area contributed by atoms with E-state index < -0.39 is 24.2 Å². The fraction of sp³-hybridized carbons (Fsp3) is 0.0769. The number of nitrogens with one attached hydrogen (secondary N) is 2. The molecule has 0 fully saturated rings. The maximum Gasteiger partial charge on any atom is 0.409 e. The number of hydrogen-bond acceptors (Lipinski definition) is 5. The van der Waals surface area contributed by atoms with Crippen LogP contribution in [0.1, 0.15) is 33.5 Å². The summed E-state index contributed by atoms with van der Waals surface area (Å²) in [6.07, 6.45) is -1.84. The van der Waals surface area contributed by atoms with E-state index in [1.54, 1.807) is 12.1 Å². The number of carbonyl (C=O) groups excluding carboxylic acids is 2. The smallest absolute Gasteiger partial charge is 0.409 e. The van der Waals surface area contributed by atoms with Gasteiger partial charge in [0.15, 0.2) is 5.78 Å². The molecule has 8 heteroatoms. The summed E-state index contributed by atoms with van der Waals surface area (Å²) in [5.74, 6) is 5.09. The molecule has 0 saturated heterocycles. The number of ether oxygens (including phenoxy) is 1. The zero-order valence-electron chi connectivity index (χ0n) is 18.1. The first-order valence-electron chi connectivity index (χ1n) is 10.0. The second kappa shape index (κ2) is 11.0. The van der Waals surface area contributed by atoms with E-state index in [2.05, 4.69) is 22.5 Å². The van der Waals surface area contributed by atoms with E-state index in [1.165, 1.54) is 31.4 Å². The van der Waals surface area contributed by atoms with E-state index in [9.17, 15) is 19.5 Å². The third kappa shape index (κ3) is 6.22. The Hall–Kier alpha value is -5.08. The molecule has 168 valence electrons. The highest BCUT2D eigenvalue weighted by Gasteiger charge is 2.17. The molecule has 3 N–H and O–H groups in total. The van der Waals surface area contributed by atoms with Gasteiger partial charge in [-0.15, -0.1) is 0 Å². The minimum Gasteiger partial charge on any atom is -0.495 e. The first-order valence-corrected chi connectivity index (χ1v) is 10.0. The number of anilines is 2. The van der Waals surface area contributed by atoms with Gasteiger partial charge in [0, 0.05) is 17.2 Å². The highest BCUT2D eigenvalue weighted by Crippen LogP contribution is 2.31. The van der Waals surface area contributed by atoms with Crippen LogP contribution in [0.15, 0.2) is 66.7 Å². The van der Waals surface area contributed by atoms with Gasteiger partial charge >= 0.3 is 6.09 Å². The third-order valence-electron chi connectivity index (χ3n) is 4.61. The second-order valence-electron chi connectivity index (χ2n) is 6.98. The van der Waals surface area contributed by atoms with Gasteiger partial charge in [-0.3, -0.25) is 14.9 Å². The summed E-state index contributed by atoms with van der Waals surface area (Å²) in [6.45, 7) is 0. The van der Waals surface area contributed by atoms with Gasteiger partial charge in [-0.1, -0.05) is 42.2 Å². The molecule has 0 spiro atoms. The highest BCUT2D eigenvalue weighted by molar-refractivity contribution is 6.12. The summed E-state index contributed by atoms with van der Waals surface area (Å²) in [6, 6.07) is 20.0. The third-order valence-corrected chi connectivity index (χ3v) is 4.61. The summed E-state index contributed by atoms with van der Waals surface area (Å²) in [5, 5.41) is 22.9. The molecule has 34 heavy (non-hydrogen) atoms. The highest BCUT2D eigenvalue weighted by atomic mass is 16.5. The van der Waals surface area contributed by atoms with Crippen LogP contribution in [0.2, 0.25) is 0 Å². The van der Waals surface area contributed by atoms with Crippen molar-refractivity contribution < 1.29 is 24.2 Å². The van der Waals surface area contributed by atoms with E-state index in [4.69, 9.17) is 10.00 Å². The Kier molecular flexibility index (Phi) is 7.62. The molecule has 0 radical (unpaired) electrons. The lowest BCUT2D eigenvalue weighted by atomic mass is 10.1. The number of amides is 2. The molecule has 0 unspecified atom stereocenters. The van der Waals surface area contributed by atoms with Crippen molar-refractivity contribution in [1.82, 2.24) is 0 Å². The topological polar surface area (TPSA) is 129 Å². The summed E-state index contributed by atoms with van der Waals surface area (Å²) in [4.78, 5) is 36.3. The van der Waals surface area contributed by atoms with E-state index in [-0.39, 0.29) is 16.9 Å². The van der Waals surface area contributed by atoms with Gasteiger partial charge in [-0.05, 0) is 30.3 Å². The van der Waals surface area contributed by atoms with Crippen LogP contribution < -0.4 is 15.4 Å². The Bertz CT molecular complexity index is 1350. The van der Waals surface area contributed by atoms with Crippen molar-refractivity contribution in [2.75, 3.05) is 17.7 Å². The van der Waals surface area contributed by atoms with Crippen molar-refractivity contribution in [2.45, 2.75) is 6.42 Å². The molecule has 3 aromatic carbocycles. The molecule has 0 aromatic heterocycles. The first kappa shape index (κ1) is 23.6. The molecule has 0 aliphatic heterocycles. The number of nitrogens with zero attached hydrogens (tertiary/aromatic N) is 1. The van der Waals surface area contributed by atoms with Gasteiger partial charge in [-0.25, -0.2) is 4.79 Å². The van der Waals surface area contributed by atoms with Crippen LogP contribution >= 0.6 is 0 Å². The minimum atomic E-state index is -1.34. The molecule has 0 bridgehead atoms. The van der Waals surface area contributed by atoms with E-state index in [0.717, 1.165) is 5.56 Å². The SMILES string of the molecule is COc1cc(NC(=O)O)c(NC(=O)CC(=O)c2cccc(C#N)c2)cc1C#Cc1ccccc1. The predicted molar refractivity (Wildman–Crippen MR) is 126 cm³/mol. The average Bonchev–Trinajstić information content (AvgIpc) is 2.84. The number of hydrogen-bond donors (Lipinski definition) is 3. The fourth-order valence-corrected chi connectivity index (χ4v) is 3.03. The molecule has 0 heterocycles. The van der Waals surface area contributed by atoms with Crippen molar-refractivity contribution in [3.63, 3.8) is 0 Å². The van der Waals surface area contributed by atoms with Crippen LogP contribution in [0, 0.1) is 23.2 Å². The van der Waals surface area contributed by atoms with Crippen LogP contribution in [-0.2, 0) is 4.79 Å². The molecule has 0 aliphatic carbocycles. The van der Waals surface area contributed by atoms with Gasteiger partial charge < -0.3 is 15.2 Å². The van der Waals surface area contributed by atoms with Crippen LogP contribution in [0.4, 0.5) is 16.2 Å². The van der Waals surface area contributed by atoms with Gasteiger partial charge in [0.2, 0.25) is 5.91 Å². The number of benzene rings is 3. The van der Waals surface area contributed by atoms with Crippen LogP contribution in [-0.4, -0.2) is 30.0 Å². The summed E-state index contributed by atoms with van der Waals surface area (Å²) in [7, 11) is 1.42. The summed E-state index contributed by atoms with van der Waals surface area (Å²) in [5.41, 5.74) is 1.86. The molecule has 0 aliphatic rings. The maximum absolute atomic E-state index is 12.6. The summed E-state index contributed by atoms with van der Waals surface area (Å²) < 4.78 is 5.33. The van der Waals surface area contributed by atoms with Crippen LogP contribution in [0.3, 0.4) is 0 Å². The quantitative estimate of drug-likeness (QED) is 0.290. The zero-order valence-corrected chi connectivity index (χ0v) is 18.1. The van der Waals surface area contributed by atoms with E-state index in [0.29, 0.717) is 16.9 Å². The normalized spacial score (nSPS) is 9.65. The van der Waals surface area contributed by atoms with Gasteiger partial charge in [0.1, 0.15) is 5.75 Å². The Balaban J connectivity index is 1.89. The number of carbonyl (C=O) groups is 3.